The number of fused-ring (bicyclic) bond motifs is 1. The van der Waals surface area contributed by atoms with Crippen molar-refractivity contribution in [3.63, 3.8) is 0 Å². The second-order valence-corrected chi connectivity index (χ2v) is 6.42. The molecule has 0 unspecified atom stereocenters. The molecule has 1 aromatic heterocycles. The van der Waals surface area contributed by atoms with E-state index in [1.807, 2.05) is 6.07 Å². The highest BCUT2D eigenvalue weighted by atomic mass is 35.5. The zero-order valence-electron chi connectivity index (χ0n) is 11.5. The summed E-state index contributed by atoms with van der Waals surface area (Å²) in [6.45, 7) is 0. The van der Waals surface area contributed by atoms with Gasteiger partial charge in [-0.3, -0.25) is 4.79 Å². The number of nitrogens with two attached hydrogens (primary N) is 1. The first-order valence-corrected chi connectivity index (χ1v) is 8.05. The van der Waals surface area contributed by atoms with Crippen LogP contribution in [0.5, 0.6) is 0 Å². The quantitative estimate of drug-likeness (QED) is 0.897. The number of hydrogen-bond donors (Lipinski definition) is 2. The molecular weight excluding hydrogens is 325 g/mol. The Hall–Kier alpha value is -1.79. The van der Waals surface area contributed by atoms with E-state index in [4.69, 9.17) is 17.3 Å². The van der Waals surface area contributed by atoms with Crippen molar-refractivity contribution in [1.29, 1.82) is 0 Å². The summed E-state index contributed by atoms with van der Waals surface area (Å²) >= 11 is 7.65. The van der Waals surface area contributed by atoms with E-state index >= 15 is 0 Å². The van der Waals surface area contributed by atoms with Gasteiger partial charge >= 0.3 is 0 Å². The number of primary amides is 1. The minimum atomic E-state index is -0.581. The zero-order valence-corrected chi connectivity index (χ0v) is 13.0. The van der Waals surface area contributed by atoms with Crippen LogP contribution in [0.2, 0.25) is 5.02 Å². The minimum absolute atomic E-state index is 0.0728. The molecule has 1 aromatic carbocycles. The van der Waals surface area contributed by atoms with Gasteiger partial charge in [0.2, 0.25) is 5.91 Å². The third-order valence-corrected chi connectivity index (χ3v) is 4.91. The highest BCUT2D eigenvalue weighted by Crippen LogP contribution is 2.39. The molecule has 22 heavy (non-hydrogen) atoms. The molecule has 7 heteroatoms. The van der Waals surface area contributed by atoms with Gasteiger partial charge in [0, 0.05) is 16.8 Å². The third-order valence-electron chi connectivity index (χ3n) is 3.46. The molecule has 4 nitrogen and oxygen atoms in total. The molecule has 3 N–H and O–H groups in total. The van der Waals surface area contributed by atoms with Gasteiger partial charge < -0.3 is 11.1 Å². The molecule has 114 valence electrons. The lowest BCUT2D eigenvalue weighted by Gasteiger charge is -2.27. The SMILES string of the molecule is NC(=O)c1cnc(N[C@H]2CCSc3c(F)cccc32)c(Cl)c1. The van der Waals surface area contributed by atoms with Crippen molar-refractivity contribution in [3.05, 3.63) is 52.4 Å². The average Bonchev–Trinajstić information content (AvgIpc) is 2.50. The topological polar surface area (TPSA) is 68.0 Å². The van der Waals surface area contributed by atoms with Gasteiger partial charge in [-0.1, -0.05) is 23.7 Å². The number of nitrogens with one attached hydrogen (secondary N) is 1. The Morgan fingerprint density at radius 1 is 1.50 bits per heavy atom. The number of benzene rings is 1. The summed E-state index contributed by atoms with van der Waals surface area (Å²) in [4.78, 5) is 15.9. The number of amides is 1. The normalized spacial score (nSPS) is 16.9. The highest BCUT2D eigenvalue weighted by molar-refractivity contribution is 7.99. The van der Waals surface area contributed by atoms with Crippen LogP contribution in [0.4, 0.5) is 10.2 Å². The summed E-state index contributed by atoms with van der Waals surface area (Å²) in [6.07, 6.45) is 2.21. The van der Waals surface area contributed by atoms with Crippen molar-refractivity contribution in [2.45, 2.75) is 17.4 Å². The number of carbonyl (C=O) groups excluding carboxylic acids is 1. The maximum absolute atomic E-state index is 13.9. The molecule has 1 aliphatic rings. The number of aromatic nitrogens is 1. The summed E-state index contributed by atoms with van der Waals surface area (Å²) in [5.41, 5.74) is 6.34. The van der Waals surface area contributed by atoms with E-state index in [0.717, 1.165) is 17.7 Å². The van der Waals surface area contributed by atoms with Crippen LogP contribution in [0, 0.1) is 5.82 Å². The Kier molecular flexibility index (Phi) is 4.22. The number of hydrogen-bond acceptors (Lipinski definition) is 4. The number of pyridine rings is 1. The molecule has 1 amide bonds. The van der Waals surface area contributed by atoms with E-state index in [0.29, 0.717) is 15.7 Å². The Labute approximate surface area is 136 Å². The van der Waals surface area contributed by atoms with Crippen LogP contribution in [0.1, 0.15) is 28.4 Å². The van der Waals surface area contributed by atoms with Crippen LogP contribution in [0.15, 0.2) is 35.4 Å². The van der Waals surface area contributed by atoms with Crippen LogP contribution in [-0.2, 0) is 0 Å². The summed E-state index contributed by atoms with van der Waals surface area (Å²) in [6, 6.07) is 6.45. The van der Waals surface area contributed by atoms with Crippen LogP contribution in [0.3, 0.4) is 0 Å². The number of halogens is 2. The number of nitrogens with zero attached hydrogens (tertiary/aromatic N) is 1. The molecule has 0 fully saturated rings. The Bertz CT molecular complexity index is 741. The fraction of sp³-hybridized carbons (Fsp3) is 0.200. The van der Waals surface area contributed by atoms with Gasteiger partial charge in [0.05, 0.1) is 16.6 Å². The van der Waals surface area contributed by atoms with Crippen molar-refractivity contribution in [1.82, 2.24) is 4.98 Å². The van der Waals surface area contributed by atoms with E-state index in [9.17, 15) is 9.18 Å². The smallest absolute Gasteiger partial charge is 0.250 e. The average molecular weight is 338 g/mol. The summed E-state index contributed by atoms with van der Waals surface area (Å²) in [7, 11) is 0. The van der Waals surface area contributed by atoms with Gasteiger partial charge in [0.1, 0.15) is 11.6 Å². The molecule has 0 spiro atoms. The predicted octanol–water partition coefficient (Wildman–Crippen LogP) is 3.62. The van der Waals surface area contributed by atoms with Crippen molar-refractivity contribution < 1.29 is 9.18 Å². The summed E-state index contributed by atoms with van der Waals surface area (Å²) < 4.78 is 13.9. The second kappa shape index (κ2) is 6.14. The Morgan fingerprint density at radius 2 is 2.32 bits per heavy atom. The maximum Gasteiger partial charge on any atom is 0.250 e. The standard InChI is InChI=1S/C15H13ClFN3OS/c16-10-6-8(14(18)21)7-19-15(10)20-12-4-5-22-13-9(12)2-1-3-11(13)17/h1-3,6-7,12H,4-5H2,(H2,18,21)(H,19,20)/t12-/m0/s1. The molecule has 1 atom stereocenters. The molecule has 0 saturated carbocycles. The lowest BCUT2D eigenvalue weighted by Crippen LogP contribution is -2.18. The van der Waals surface area contributed by atoms with E-state index in [1.54, 1.807) is 6.07 Å². The van der Waals surface area contributed by atoms with E-state index in [-0.39, 0.29) is 17.4 Å². The van der Waals surface area contributed by atoms with Crippen LogP contribution < -0.4 is 11.1 Å². The van der Waals surface area contributed by atoms with Gasteiger partial charge in [-0.2, -0.15) is 0 Å². The first-order chi connectivity index (χ1) is 10.6. The number of thioether (sulfide) groups is 1. The van der Waals surface area contributed by atoms with Gasteiger partial charge in [0.15, 0.2) is 0 Å². The van der Waals surface area contributed by atoms with Crippen molar-refractivity contribution in [2.75, 3.05) is 11.1 Å². The lowest BCUT2D eigenvalue weighted by atomic mass is 10.0. The van der Waals surface area contributed by atoms with Crippen molar-refractivity contribution >= 4 is 35.1 Å². The number of carbonyl (C=O) groups is 1. The van der Waals surface area contributed by atoms with Crippen LogP contribution >= 0.6 is 23.4 Å². The van der Waals surface area contributed by atoms with E-state index in [1.165, 1.54) is 30.1 Å². The molecular formula is C15H13ClFN3OS. The Morgan fingerprint density at radius 3 is 3.05 bits per heavy atom. The second-order valence-electron chi connectivity index (χ2n) is 4.91. The van der Waals surface area contributed by atoms with E-state index < -0.39 is 5.91 Å². The monoisotopic (exact) mass is 337 g/mol. The maximum atomic E-state index is 13.9. The number of rotatable bonds is 3. The van der Waals surface area contributed by atoms with Crippen molar-refractivity contribution in [2.24, 2.45) is 5.73 Å². The molecule has 0 saturated heterocycles. The Balaban J connectivity index is 1.89. The van der Waals surface area contributed by atoms with E-state index in [2.05, 4.69) is 10.3 Å². The molecule has 0 bridgehead atoms. The lowest BCUT2D eigenvalue weighted by molar-refractivity contribution is 0.1000. The summed E-state index contributed by atoms with van der Waals surface area (Å²) in [5, 5.41) is 3.54. The number of anilines is 1. The minimum Gasteiger partial charge on any atom is -0.366 e. The van der Waals surface area contributed by atoms with Gasteiger partial charge in [-0.25, -0.2) is 9.37 Å². The summed E-state index contributed by atoms with van der Waals surface area (Å²) in [5.74, 6) is 0.473. The zero-order chi connectivity index (χ0) is 15.7. The molecule has 0 radical (unpaired) electrons. The molecule has 1 aliphatic heterocycles. The van der Waals surface area contributed by atoms with Gasteiger partial charge in [0.25, 0.3) is 0 Å². The first-order valence-electron chi connectivity index (χ1n) is 6.69. The van der Waals surface area contributed by atoms with Crippen molar-refractivity contribution in [3.8, 4) is 0 Å². The predicted molar refractivity (Wildman–Crippen MR) is 85.9 cm³/mol. The molecule has 2 aromatic rings. The fourth-order valence-corrected chi connectivity index (χ4v) is 3.74. The van der Waals surface area contributed by atoms with Crippen LogP contribution in [0.25, 0.3) is 0 Å². The molecule has 3 rings (SSSR count). The molecule has 2 heterocycles. The largest absolute Gasteiger partial charge is 0.366 e. The third kappa shape index (κ3) is 2.89. The fourth-order valence-electron chi connectivity index (χ4n) is 2.38. The first kappa shape index (κ1) is 15.1. The molecule has 0 aliphatic carbocycles. The van der Waals surface area contributed by atoms with Gasteiger partial charge in [-0.05, 0) is 24.1 Å². The highest BCUT2D eigenvalue weighted by Gasteiger charge is 2.24. The van der Waals surface area contributed by atoms with Gasteiger partial charge in [-0.15, -0.1) is 11.8 Å². The van der Waals surface area contributed by atoms with Crippen LogP contribution in [-0.4, -0.2) is 16.6 Å².